The van der Waals surface area contributed by atoms with Crippen molar-refractivity contribution >= 4 is 0 Å². The van der Waals surface area contributed by atoms with E-state index in [0.717, 1.165) is 36.0 Å². The van der Waals surface area contributed by atoms with Gasteiger partial charge >= 0.3 is 0 Å². The Hall–Kier alpha value is -0.980. The number of ether oxygens (including phenoxy) is 1. The van der Waals surface area contributed by atoms with E-state index in [1.807, 2.05) is 0 Å². The second kappa shape index (κ2) is 15.8. The molecule has 1 aromatic carbocycles. The fraction of sp³-hybridized carbons (Fsp3) is 0.812. The van der Waals surface area contributed by atoms with E-state index in [2.05, 4.69) is 38.1 Å². The van der Waals surface area contributed by atoms with E-state index in [1.54, 1.807) is 5.56 Å². The highest BCUT2D eigenvalue weighted by atomic mass is 16.5. The molecule has 188 valence electrons. The van der Waals surface area contributed by atoms with E-state index in [4.69, 9.17) is 4.74 Å². The van der Waals surface area contributed by atoms with Gasteiger partial charge < -0.3 is 4.74 Å². The zero-order valence-electron chi connectivity index (χ0n) is 22.2. The van der Waals surface area contributed by atoms with E-state index in [0.29, 0.717) is 0 Å². The van der Waals surface area contributed by atoms with E-state index < -0.39 is 0 Å². The second-order valence-electron chi connectivity index (χ2n) is 11.5. The maximum atomic E-state index is 6.11. The summed E-state index contributed by atoms with van der Waals surface area (Å²) in [4.78, 5) is 0. The van der Waals surface area contributed by atoms with Gasteiger partial charge in [0, 0.05) is 0 Å². The van der Waals surface area contributed by atoms with Crippen molar-refractivity contribution in [3.8, 4) is 5.75 Å². The summed E-state index contributed by atoms with van der Waals surface area (Å²) in [5, 5.41) is 0. The topological polar surface area (TPSA) is 9.23 Å². The fourth-order valence-electron chi connectivity index (χ4n) is 6.53. The molecule has 0 radical (unpaired) electrons. The monoisotopic (exact) mass is 454 g/mol. The average Bonchev–Trinajstić information content (AvgIpc) is 2.86. The lowest BCUT2D eigenvalue weighted by Crippen LogP contribution is -2.15. The van der Waals surface area contributed by atoms with Crippen molar-refractivity contribution in [2.24, 2.45) is 17.8 Å². The van der Waals surface area contributed by atoms with Crippen LogP contribution in [0.15, 0.2) is 24.3 Å². The summed E-state index contributed by atoms with van der Waals surface area (Å²) < 4.78 is 6.11. The van der Waals surface area contributed by atoms with E-state index in [9.17, 15) is 0 Å². The molecule has 0 bridgehead atoms. The van der Waals surface area contributed by atoms with Crippen molar-refractivity contribution in [3.63, 3.8) is 0 Å². The molecule has 0 unspecified atom stereocenters. The van der Waals surface area contributed by atoms with E-state index in [1.165, 1.54) is 122 Å². The highest BCUT2D eigenvalue weighted by Crippen LogP contribution is 2.38. The van der Waals surface area contributed by atoms with Crippen molar-refractivity contribution in [1.82, 2.24) is 0 Å². The van der Waals surface area contributed by atoms with Crippen molar-refractivity contribution in [1.29, 1.82) is 0 Å². The van der Waals surface area contributed by atoms with Crippen LogP contribution in [0.5, 0.6) is 5.75 Å². The Morgan fingerprint density at radius 1 is 0.576 bits per heavy atom. The number of hydrogen-bond acceptors (Lipinski definition) is 1. The minimum Gasteiger partial charge on any atom is -0.494 e. The normalized spacial score (nSPS) is 25.8. The van der Waals surface area contributed by atoms with Gasteiger partial charge in [-0.25, -0.2) is 0 Å². The van der Waals surface area contributed by atoms with Gasteiger partial charge in [-0.15, -0.1) is 0 Å². The second-order valence-corrected chi connectivity index (χ2v) is 11.5. The summed E-state index contributed by atoms with van der Waals surface area (Å²) in [5.41, 5.74) is 1.54. The first-order valence-electron chi connectivity index (χ1n) is 15.0. The predicted molar refractivity (Wildman–Crippen MR) is 144 cm³/mol. The smallest absolute Gasteiger partial charge is 0.119 e. The van der Waals surface area contributed by atoms with Crippen molar-refractivity contribution in [2.75, 3.05) is 6.61 Å². The number of rotatable bonds is 15. The zero-order valence-corrected chi connectivity index (χ0v) is 22.2. The molecule has 0 amide bonds. The molecule has 1 heteroatoms. The van der Waals surface area contributed by atoms with E-state index in [-0.39, 0.29) is 0 Å². The minimum atomic E-state index is 0.781. The molecule has 0 spiro atoms. The lowest BCUT2D eigenvalue weighted by atomic mass is 9.77. The van der Waals surface area contributed by atoms with Gasteiger partial charge in [0.2, 0.25) is 0 Å². The molecule has 0 heterocycles. The van der Waals surface area contributed by atoms with Gasteiger partial charge in [-0.1, -0.05) is 109 Å². The van der Waals surface area contributed by atoms with Gasteiger partial charge in [0.25, 0.3) is 0 Å². The molecule has 2 saturated carbocycles. The highest BCUT2D eigenvalue weighted by molar-refractivity contribution is 5.29. The SMILES string of the molecule is CCCCCCC1CCC(c2ccc(OCCCC3CCC(CCCCC)CC3)cc2)CC1. The van der Waals surface area contributed by atoms with Crippen LogP contribution in [-0.2, 0) is 0 Å². The minimum absolute atomic E-state index is 0.781. The predicted octanol–water partition coefficient (Wildman–Crippen LogP) is 10.5. The number of hydrogen-bond donors (Lipinski definition) is 0. The first-order chi connectivity index (χ1) is 16.3. The van der Waals surface area contributed by atoms with Gasteiger partial charge in [0.15, 0.2) is 0 Å². The zero-order chi connectivity index (χ0) is 23.1. The Morgan fingerprint density at radius 2 is 1.06 bits per heavy atom. The van der Waals surface area contributed by atoms with Crippen molar-refractivity contribution in [2.45, 2.75) is 142 Å². The molecule has 1 aromatic rings. The first kappa shape index (κ1) is 26.6. The van der Waals surface area contributed by atoms with E-state index >= 15 is 0 Å². The van der Waals surface area contributed by atoms with Crippen LogP contribution in [0.25, 0.3) is 0 Å². The molecular formula is C32H54O. The van der Waals surface area contributed by atoms with Crippen LogP contribution in [0, 0.1) is 17.8 Å². The van der Waals surface area contributed by atoms with Gasteiger partial charge in [0.05, 0.1) is 6.61 Å². The molecule has 3 rings (SSSR count). The molecule has 2 aliphatic rings. The van der Waals surface area contributed by atoms with Gasteiger partial charge in [-0.05, 0) is 79.9 Å². The third-order valence-corrected chi connectivity index (χ3v) is 8.87. The van der Waals surface area contributed by atoms with Crippen LogP contribution >= 0.6 is 0 Å². The van der Waals surface area contributed by atoms with Crippen LogP contribution in [0.2, 0.25) is 0 Å². The van der Waals surface area contributed by atoms with Crippen LogP contribution in [-0.4, -0.2) is 6.61 Å². The molecular weight excluding hydrogens is 400 g/mol. The van der Waals surface area contributed by atoms with Crippen LogP contribution in [0.4, 0.5) is 0 Å². The summed E-state index contributed by atoms with van der Waals surface area (Å²) in [6, 6.07) is 9.16. The Morgan fingerprint density at radius 3 is 1.64 bits per heavy atom. The van der Waals surface area contributed by atoms with Gasteiger partial charge in [0.1, 0.15) is 5.75 Å². The maximum Gasteiger partial charge on any atom is 0.119 e. The van der Waals surface area contributed by atoms with Crippen molar-refractivity contribution < 1.29 is 4.74 Å². The molecule has 0 saturated heterocycles. The Labute approximate surface area is 206 Å². The molecule has 1 nitrogen and oxygen atoms in total. The molecule has 0 aromatic heterocycles. The Balaban J connectivity index is 1.25. The standard InChI is InChI=1S/C32H54O/c1-3-5-7-9-12-28-18-20-30(21-19-28)31-22-24-32(25-23-31)33-26-10-13-29-16-14-27(15-17-29)11-8-6-4-2/h22-25,27-30H,3-21,26H2,1-2H3. The number of unbranched alkanes of at least 4 members (excludes halogenated alkanes) is 5. The lowest BCUT2D eigenvalue weighted by Gasteiger charge is -2.29. The molecule has 33 heavy (non-hydrogen) atoms. The summed E-state index contributed by atoms with van der Waals surface area (Å²) in [6.45, 7) is 5.51. The molecule has 2 fully saturated rings. The van der Waals surface area contributed by atoms with Crippen LogP contribution in [0.3, 0.4) is 0 Å². The largest absolute Gasteiger partial charge is 0.494 e. The fourth-order valence-corrected chi connectivity index (χ4v) is 6.53. The first-order valence-corrected chi connectivity index (χ1v) is 15.0. The maximum absolute atomic E-state index is 6.11. The highest BCUT2D eigenvalue weighted by Gasteiger charge is 2.22. The third kappa shape index (κ3) is 10.0. The summed E-state index contributed by atoms with van der Waals surface area (Å²) >= 11 is 0. The molecule has 0 N–H and O–H groups in total. The molecule has 2 aliphatic carbocycles. The quantitative estimate of drug-likeness (QED) is 0.239. The summed E-state index contributed by atoms with van der Waals surface area (Å²) in [7, 11) is 0. The Bertz CT molecular complexity index is 589. The van der Waals surface area contributed by atoms with Gasteiger partial charge in [-0.2, -0.15) is 0 Å². The third-order valence-electron chi connectivity index (χ3n) is 8.87. The average molecular weight is 455 g/mol. The molecule has 0 aliphatic heterocycles. The summed E-state index contributed by atoms with van der Waals surface area (Å²) in [5.74, 6) is 4.84. The number of benzene rings is 1. The van der Waals surface area contributed by atoms with Crippen LogP contribution < -0.4 is 4.74 Å². The Kier molecular flexibility index (Phi) is 12.8. The summed E-state index contributed by atoms with van der Waals surface area (Å²) in [6.07, 6.45) is 27.0. The van der Waals surface area contributed by atoms with Crippen molar-refractivity contribution in [3.05, 3.63) is 29.8 Å². The van der Waals surface area contributed by atoms with Crippen LogP contribution in [0.1, 0.15) is 147 Å². The molecule has 0 atom stereocenters. The lowest BCUT2D eigenvalue weighted by molar-refractivity contribution is 0.228. The van der Waals surface area contributed by atoms with Gasteiger partial charge in [-0.3, -0.25) is 0 Å².